The molecule has 0 heterocycles. The van der Waals surface area contributed by atoms with E-state index in [4.69, 9.17) is 0 Å². The highest BCUT2D eigenvalue weighted by molar-refractivity contribution is 8.00. The number of thioether (sulfide) groups is 1. The number of halogens is 4. The van der Waals surface area contributed by atoms with Crippen LogP contribution in [0, 0.1) is 5.82 Å². The SMILES string of the molecule is CN(CC(=O)Nc1cccc(F)c1)C(=O)c1ccc(SC(F)(F)F)cc1. The van der Waals surface area contributed by atoms with Crippen LogP contribution in [0.5, 0.6) is 0 Å². The third kappa shape index (κ3) is 6.07. The summed E-state index contributed by atoms with van der Waals surface area (Å²) in [4.78, 5) is 25.2. The second kappa shape index (κ2) is 8.22. The van der Waals surface area contributed by atoms with Crippen LogP contribution in [0.1, 0.15) is 10.4 Å². The first-order chi connectivity index (χ1) is 12.1. The maximum absolute atomic E-state index is 13.1. The Bertz CT molecular complexity index is 794. The van der Waals surface area contributed by atoms with Crippen molar-refractivity contribution in [2.24, 2.45) is 0 Å². The number of likely N-dealkylation sites (N-methyl/N-ethyl adjacent to an activating group) is 1. The van der Waals surface area contributed by atoms with Crippen molar-refractivity contribution >= 4 is 29.3 Å². The number of carbonyl (C=O) groups is 2. The maximum Gasteiger partial charge on any atom is 0.446 e. The van der Waals surface area contributed by atoms with Crippen LogP contribution >= 0.6 is 11.8 Å². The number of amides is 2. The number of benzene rings is 2. The van der Waals surface area contributed by atoms with Crippen LogP contribution in [0.3, 0.4) is 0 Å². The first-order valence-electron chi connectivity index (χ1n) is 7.31. The van der Waals surface area contributed by atoms with Crippen molar-refractivity contribution in [1.29, 1.82) is 0 Å². The van der Waals surface area contributed by atoms with Gasteiger partial charge in [-0.25, -0.2) is 4.39 Å². The number of carbonyl (C=O) groups excluding carboxylic acids is 2. The minimum atomic E-state index is -4.41. The molecule has 2 amide bonds. The predicted octanol–water partition coefficient (Wildman–Crippen LogP) is 4.15. The molecule has 4 nitrogen and oxygen atoms in total. The lowest BCUT2D eigenvalue weighted by Gasteiger charge is -2.17. The van der Waals surface area contributed by atoms with Gasteiger partial charge in [-0.05, 0) is 54.2 Å². The summed E-state index contributed by atoms with van der Waals surface area (Å²) in [7, 11) is 1.38. The summed E-state index contributed by atoms with van der Waals surface area (Å²) in [6, 6.07) is 10.2. The van der Waals surface area contributed by atoms with Crippen molar-refractivity contribution < 1.29 is 27.2 Å². The van der Waals surface area contributed by atoms with E-state index in [2.05, 4.69) is 5.32 Å². The average molecular weight is 386 g/mol. The fourth-order valence-electron chi connectivity index (χ4n) is 2.07. The van der Waals surface area contributed by atoms with Crippen molar-refractivity contribution in [3.63, 3.8) is 0 Å². The molecule has 1 N–H and O–H groups in total. The van der Waals surface area contributed by atoms with Gasteiger partial charge in [-0.1, -0.05) is 6.07 Å². The fraction of sp³-hybridized carbons (Fsp3) is 0.176. The van der Waals surface area contributed by atoms with Gasteiger partial charge in [0.05, 0.1) is 6.54 Å². The zero-order valence-electron chi connectivity index (χ0n) is 13.5. The number of hydrogen-bond donors (Lipinski definition) is 1. The second-order valence-corrected chi connectivity index (χ2v) is 6.43. The highest BCUT2D eigenvalue weighted by atomic mass is 32.2. The van der Waals surface area contributed by atoms with Crippen LogP contribution in [0.15, 0.2) is 53.4 Å². The number of rotatable bonds is 5. The molecule has 0 atom stereocenters. The number of nitrogens with one attached hydrogen (secondary N) is 1. The molecule has 0 aliphatic heterocycles. The molecule has 0 aliphatic rings. The van der Waals surface area contributed by atoms with E-state index in [0.29, 0.717) is 0 Å². The van der Waals surface area contributed by atoms with Crippen LogP contribution in [0.25, 0.3) is 0 Å². The zero-order valence-corrected chi connectivity index (χ0v) is 14.3. The molecule has 0 aromatic heterocycles. The largest absolute Gasteiger partial charge is 0.446 e. The smallest absolute Gasteiger partial charge is 0.332 e. The van der Waals surface area contributed by atoms with Gasteiger partial charge in [-0.15, -0.1) is 0 Å². The Balaban J connectivity index is 1.95. The van der Waals surface area contributed by atoms with E-state index in [9.17, 15) is 27.2 Å². The summed E-state index contributed by atoms with van der Waals surface area (Å²) < 4.78 is 50.0. The zero-order chi connectivity index (χ0) is 19.3. The van der Waals surface area contributed by atoms with E-state index in [0.717, 1.165) is 11.0 Å². The van der Waals surface area contributed by atoms with Crippen LogP contribution < -0.4 is 5.32 Å². The molecular weight excluding hydrogens is 372 g/mol. The number of nitrogens with zero attached hydrogens (tertiary/aromatic N) is 1. The topological polar surface area (TPSA) is 49.4 Å². The van der Waals surface area contributed by atoms with Crippen molar-refractivity contribution in [1.82, 2.24) is 4.90 Å². The summed E-state index contributed by atoms with van der Waals surface area (Å²) in [5.41, 5.74) is -4.00. The minimum Gasteiger partial charge on any atom is -0.332 e. The van der Waals surface area contributed by atoms with E-state index < -0.39 is 23.1 Å². The van der Waals surface area contributed by atoms with Crippen LogP contribution in [-0.4, -0.2) is 35.8 Å². The molecule has 2 aromatic rings. The number of alkyl halides is 3. The van der Waals surface area contributed by atoms with E-state index in [1.54, 1.807) is 0 Å². The summed E-state index contributed by atoms with van der Waals surface area (Å²) in [6.07, 6.45) is 0. The molecule has 0 aliphatic carbocycles. The molecule has 0 bridgehead atoms. The van der Waals surface area contributed by atoms with Gasteiger partial charge in [0.15, 0.2) is 0 Å². The highest BCUT2D eigenvalue weighted by Gasteiger charge is 2.29. The Morgan fingerprint density at radius 1 is 1.12 bits per heavy atom. The molecule has 26 heavy (non-hydrogen) atoms. The van der Waals surface area contributed by atoms with Gasteiger partial charge in [0.2, 0.25) is 5.91 Å². The first-order valence-corrected chi connectivity index (χ1v) is 8.12. The molecule has 0 saturated carbocycles. The molecular formula is C17H14F4N2O2S. The molecule has 2 aromatic carbocycles. The summed E-state index contributed by atoms with van der Waals surface area (Å²) in [5.74, 6) is -1.57. The Morgan fingerprint density at radius 2 is 1.77 bits per heavy atom. The van der Waals surface area contributed by atoms with Gasteiger partial charge < -0.3 is 10.2 Å². The average Bonchev–Trinajstić information content (AvgIpc) is 2.53. The number of anilines is 1. The third-order valence-electron chi connectivity index (χ3n) is 3.17. The van der Waals surface area contributed by atoms with E-state index in [1.165, 1.54) is 49.5 Å². The standard InChI is InChI=1S/C17H14F4N2O2S/c1-23(10-15(24)22-13-4-2-3-12(18)9-13)16(25)11-5-7-14(8-6-11)26-17(19,20)21/h2-9H,10H2,1H3,(H,22,24). The lowest BCUT2D eigenvalue weighted by atomic mass is 10.2. The van der Waals surface area contributed by atoms with Gasteiger partial charge >= 0.3 is 5.51 Å². The molecule has 0 spiro atoms. The van der Waals surface area contributed by atoms with E-state index in [1.807, 2.05) is 0 Å². The van der Waals surface area contributed by atoms with Gasteiger partial charge in [0.25, 0.3) is 5.91 Å². The van der Waals surface area contributed by atoms with Crippen molar-refractivity contribution in [2.45, 2.75) is 10.4 Å². The Morgan fingerprint density at radius 3 is 2.35 bits per heavy atom. The lowest BCUT2D eigenvalue weighted by Crippen LogP contribution is -2.34. The lowest BCUT2D eigenvalue weighted by molar-refractivity contribution is -0.116. The van der Waals surface area contributed by atoms with Crippen LogP contribution in [-0.2, 0) is 4.79 Å². The van der Waals surface area contributed by atoms with E-state index >= 15 is 0 Å². The van der Waals surface area contributed by atoms with Crippen molar-refractivity contribution in [3.8, 4) is 0 Å². The quantitative estimate of drug-likeness (QED) is 0.621. The van der Waals surface area contributed by atoms with Crippen molar-refractivity contribution in [3.05, 3.63) is 59.9 Å². The Labute approximate surface area is 151 Å². The fourth-order valence-corrected chi connectivity index (χ4v) is 2.61. The third-order valence-corrected chi connectivity index (χ3v) is 3.91. The predicted molar refractivity (Wildman–Crippen MR) is 90.3 cm³/mol. The molecule has 138 valence electrons. The Kier molecular flexibility index (Phi) is 6.25. The second-order valence-electron chi connectivity index (χ2n) is 5.29. The normalized spacial score (nSPS) is 11.1. The van der Waals surface area contributed by atoms with Crippen LogP contribution in [0.2, 0.25) is 0 Å². The summed E-state index contributed by atoms with van der Waals surface area (Å²) in [6.45, 7) is -0.297. The summed E-state index contributed by atoms with van der Waals surface area (Å²) in [5, 5.41) is 2.45. The number of hydrogen-bond acceptors (Lipinski definition) is 3. The first kappa shape index (κ1) is 19.8. The van der Waals surface area contributed by atoms with Gasteiger partial charge in [-0.2, -0.15) is 13.2 Å². The van der Waals surface area contributed by atoms with Crippen molar-refractivity contribution in [2.75, 3.05) is 18.9 Å². The maximum atomic E-state index is 13.1. The molecule has 0 unspecified atom stereocenters. The van der Waals surface area contributed by atoms with Gasteiger partial charge in [0, 0.05) is 23.2 Å². The Hall–Kier alpha value is -2.55. The molecule has 2 rings (SSSR count). The van der Waals surface area contributed by atoms with Crippen LogP contribution in [0.4, 0.5) is 23.2 Å². The molecule has 9 heteroatoms. The van der Waals surface area contributed by atoms with Gasteiger partial charge in [0.1, 0.15) is 5.82 Å². The van der Waals surface area contributed by atoms with E-state index in [-0.39, 0.29) is 34.5 Å². The minimum absolute atomic E-state index is 0.0412. The van der Waals surface area contributed by atoms with Gasteiger partial charge in [-0.3, -0.25) is 9.59 Å². The highest BCUT2D eigenvalue weighted by Crippen LogP contribution is 2.36. The molecule has 0 saturated heterocycles. The molecule has 0 fully saturated rings. The monoisotopic (exact) mass is 386 g/mol. The summed E-state index contributed by atoms with van der Waals surface area (Å²) >= 11 is -0.277. The molecule has 0 radical (unpaired) electrons.